The lowest BCUT2D eigenvalue weighted by Gasteiger charge is -2.13. The number of rotatable bonds is 5. The summed E-state index contributed by atoms with van der Waals surface area (Å²) in [6.07, 6.45) is 1.75. The van der Waals surface area contributed by atoms with Crippen LogP contribution in [0.15, 0.2) is 22.7 Å². The van der Waals surface area contributed by atoms with Gasteiger partial charge in [0.2, 0.25) is 0 Å². The number of carbonyl (C=O) groups excluding carboxylic acids is 1. The Morgan fingerprint density at radius 1 is 1.43 bits per heavy atom. The fourth-order valence-electron chi connectivity index (χ4n) is 2.34. The Hall–Kier alpha value is -1.27. The second kappa shape index (κ2) is 7.13. The van der Waals surface area contributed by atoms with Gasteiger partial charge in [0.1, 0.15) is 5.75 Å². The maximum Gasteiger partial charge on any atom is 0.306 e. The topological polar surface area (TPSA) is 75.6 Å². The Labute approximate surface area is 135 Å². The number of carbonyl (C=O) groups is 2. The normalized spacial score (nSPS) is 21.0. The molecule has 1 amide bonds. The van der Waals surface area contributed by atoms with Crippen molar-refractivity contribution in [3.63, 3.8) is 0 Å². The lowest BCUT2D eigenvalue weighted by atomic mass is 10.1. The number of aliphatic carboxylic acids is 1. The van der Waals surface area contributed by atoms with Gasteiger partial charge in [-0.05, 0) is 37.5 Å². The highest BCUT2D eigenvalue weighted by Crippen LogP contribution is 2.28. The van der Waals surface area contributed by atoms with Crippen molar-refractivity contribution in [1.82, 2.24) is 5.32 Å². The smallest absolute Gasteiger partial charge is 0.306 e. The predicted octanol–water partition coefficient (Wildman–Crippen LogP) is 2.85. The zero-order valence-corrected chi connectivity index (χ0v) is 13.5. The Bertz CT molecular complexity index is 552. The number of carboxylic acids is 1. The molecule has 0 bridgehead atoms. The van der Waals surface area contributed by atoms with Crippen LogP contribution in [0, 0.1) is 5.92 Å². The molecule has 0 saturated heterocycles. The van der Waals surface area contributed by atoms with Crippen LogP contribution in [0.25, 0.3) is 0 Å². The van der Waals surface area contributed by atoms with Crippen LogP contribution in [-0.2, 0) is 9.59 Å². The van der Waals surface area contributed by atoms with E-state index in [0.717, 1.165) is 4.47 Å². The summed E-state index contributed by atoms with van der Waals surface area (Å²) in [7, 11) is 0. The Morgan fingerprint density at radius 2 is 2.19 bits per heavy atom. The van der Waals surface area contributed by atoms with Crippen LogP contribution in [-0.4, -0.2) is 29.6 Å². The number of hydrogen-bond donors (Lipinski definition) is 2. The van der Waals surface area contributed by atoms with E-state index in [4.69, 9.17) is 21.4 Å². The number of halogens is 2. The molecule has 114 valence electrons. The number of nitrogens with one attached hydrogen (secondary N) is 1. The highest BCUT2D eigenvalue weighted by Gasteiger charge is 2.30. The summed E-state index contributed by atoms with van der Waals surface area (Å²) in [5, 5.41) is 12.1. The standard InChI is InChI=1S/C14H15BrClNO4/c15-9-2-4-12(11(16)6-9)21-7-13(18)17-10-3-1-8(5-10)14(19)20/h2,4,6,8,10H,1,3,5,7H2,(H,17,18)(H,19,20)/t8-,10+/m1/s1. The fourth-order valence-corrected chi connectivity index (χ4v) is 3.07. The van der Waals surface area contributed by atoms with Crippen molar-refractivity contribution in [3.8, 4) is 5.75 Å². The summed E-state index contributed by atoms with van der Waals surface area (Å²) in [6, 6.07) is 5.04. The summed E-state index contributed by atoms with van der Waals surface area (Å²) >= 11 is 9.27. The molecule has 1 fully saturated rings. The van der Waals surface area contributed by atoms with Gasteiger partial charge in [-0.1, -0.05) is 27.5 Å². The van der Waals surface area contributed by atoms with Gasteiger partial charge in [-0.15, -0.1) is 0 Å². The van der Waals surface area contributed by atoms with Gasteiger partial charge in [0.05, 0.1) is 10.9 Å². The lowest BCUT2D eigenvalue weighted by molar-refractivity contribution is -0.141. The SMILES string of the molecule is O=C(COc1ccc(Br)cc1Cl)N[C@H]1CC[C@@H](C(=O)O)C1. The van der Waals surface area contributed by atoms with Crippen molar-refractivity contribution in [1.29, 1.82) is 0 Å². The third-order valence-electron chi connectivity index (χ3n) is 3.40. The Morgan fingerprint density at radius 3 is 2.81 bits per heavy atom. The first-order valence-electron chi connectivity index (χ1n) is 6.55. The first-order chi connectivity index (χ1) is 9.95. The van der Waals surface area contributed by atoms with Crippen molar-refractivity contribution >= 4 is 39.4 Å². The molecule has 0 spiro atoms. The van der Waals surface area contributed by atoms with Crippen LogP contribution in [0.5, 0.6) is 5.75 Å². The number of hydrogen-bond acceptors (Lipinski definition) is 3. The molecule has 0 aliphatic heterocycles. The van der Waals surface area contributed by atoms with Crippen LogP contribution in [0.4, 0.5) is 0 Å². The van der Waals surface area contributed by atoms with Crippen molar-refractivity contribution in [3.05, 3.63) is 27.7 Å². The lowest BCUT2D eigenvalue weighted by Crippen LogP contribution is -2.36. The molecule has 5 nitrogen and oxygen atoms in total. The first-order valence-corrected chi connectivity index (χ1v) is 7.73. The van der Waals surface area contributed by atoms with Gasteiger partial charge >= 0.3 is 5.97 Å². The molecule has 0 aromatic heterocycles. The summed E-state index contributed by atoms with van der Waals surface area (Å²) in [5.74, 6) is -1.00. The van der Waals surface area contributed by atoms with Crippen molar-refractivity contribution in [2.75, 3.05) is 6.61 Å². The summed E-state index contributed by atoms with van der Waals surface area (Å²) in [5.41, 5.74) is 0. The van der Waals surface area contributed by atoms with Crippen molar-refractivity contribution in [2.24, 2.45) is 5.92 Å². The molecule has 0 unspecified atom stereocenters. The number of ether oxygens (including phenoxy) is 1. The average Bonchev–Trinajstić information content (AvgIpc) is 2.86. The van der Waals surface area contributed by atoms with Gasteiger partial charge in [-0.25, -0.2) is 0 Å². The molecule has 1 saturated carbocycles. The minimum Gasteiger partial charge on any atom is -0.482 e. The third kappa shape index (κ3) is 4.61. The van der Waals surface area contributed by atoms with E-state index in [2.05, 4.69) is 21.2 Å². The second-order valence-corrected chi connectivity index (χ2v) is 6.30. The van der Waals surface area contributed by atoms with E-state index in [1.54, 1.807) is 18.2 Å². The molecule has 21 heavy (non-hydrogen) atoms. The van der Waals surface area contributed by atoms with E-state index in [0.29, 0.717) is 30.0 Å². The van der Waals surface area contributed by atoms with Crippen LogP contribution >= 0.6 is 27.5 Å². The van der Waals surface area contributed by atoms with Crippen LogP contribution in [0.3, 0.4) is 0 Å². The molecule has 1 aliphatic rings. The van der Waals surface area contributed by atoms with Crippen molar-refractivity contribution < 1.29 is 19.4 Å². The van der Waals surface area contributed by atoms with Gasteiger partial charge in [-0.3, -0.25) is 9.59 Å². The highest BCUT2D eigenvalue weighted by molar-refractivity contribution is 9.10. The highest BCUT2D eigenvalue weighted by atomic mass is 79.9. The molecular weight excluding hydrogens is 362 g/mol. The van der Waals surface area contributed by atoms with Gasteiger partial charge < -0.3 is 15.2 Å². The van der Waals surface area contributed by atoms with Crippen LogP contribution in [0.1, 0.15) is 19.3 Å². The monoisotopic (exact) mass is 375 g/mol. The van der Waals surface area contributed by atoms with Crippen LogP contribution in [0.2, 0.25) is 5.02 Å². The first kappa shape index (κ1) is 16.1. The molecular formula is C14H15BrClNO4. The maximum absolute atomic E-state index is 11.8. The van der Waals surface area contributed by atoms with Gasteiger partial charge in [0, 0.05) is 10.5 Å². The van der Waals surface area contributed by atoms with Gasteiger partial charge in [0.15, 0.2) is 6.61 Å². The Balaban J connectivity index is 1.79. The maximum atomic E-state index is 11.8. The molecule has 7 heteroatoms. The van der Waals surface area contributed by atoms with Gasteiger partial charge in [0.25, 0.3) is 5.91 Å². The summed E-state index contributed by atoms with van der Waals surface area (Å²) < 4.78 is 6.19. The number of amides is 1. The molecule has 1 aliphatic carbocycles. The number of benzene rings is 1. The molecule has 0 heterocycles. The quantitative estimate of drug-likeness (QED) is 0.828. The molecule has 2 atom stereocenters. The van der Waals surface area contributed by atoms with Gasteiger partial charge in [-0.2, -0.15) is 0 Å². The Kier molecular flexibility index (Phi) is 5.47. The average molecular weight is 377 g/mol. The van der Waals surface area contributed by atoms with E-state index in [1.807, 2.05) is 0 Å². The molecule has 2 rings (SSSR count). The van der Waals surface area contributed by atoms with Crippen LogP contribution < -0.4 is 10.1 Å². The predicted molar refractivity (Wildman–Crippen MR) is 81.6 cm³/mol. The second-order valence-electron chi connectivity index (χ2n) is 4.98. The van der Waals surface area contributed by atoms with E-state index in [-0.39, 0.29) is 24.5 Å². The summed E-state index contributed by atoms with van der Waals surface area (Å²) in [6.45, 7) is -0.143. The number of carboxylic acid groups (broad SMARTS) is 1. The zero-order chi connectivity index (χ0) is 15.4. The zero-order valence-electron chi connectivity index (χ0n) is 11.1. The van der Waals surface area contributed by atoms with E-state index in [1.165, 1.54) is 0 Å². The van der Waals surface area contributed by atoms with E-state index < -0.39 is 5.97 Å². The largest absolute Gasteiger partial charge is 0.482 e. The van der Waals surface area contributed by atoms with Crippen molar-refractivity contribution in [2.45, 2.75) is 25.3 Å². The molecule has 2 N–H and O–H groups in total. The third-order valence-corrected chi connectivity index (χ3v) is 4.19. The molecule has 1 aromatic carbocycles. The minimum atomic E-state index is -0.801. The minimum absolute atomic E-state index is 0.0948. The summed E-state index contributed by atoms with van der Waals surface area (Å²) in [4.78, 5) is 22.6. The van der Waals surface area contributed by atoms with E-state index in [9.17, 15) is 9.59 Å². The molecule has 1 aromatic rings. The van der Waals surface area contributed by atoms with E-state index >= 15 is 0 Å². The fraction of sp³-hybridized carbons (Fsp3) is 0.429. The molecule has 0 radical (unpaired) electrons.